The lowest BCUT2D eigenvalue weighted by Crippen LogP contribution is -2.11. The highest BCUT2D eigenvalue weighted by Gasteiger charge is 2.16. The molecule has 1 aromatic carbocycles. The van der Waals surface area contributed by atoms with Crippen LogP contribution in [0.5, 0.6) is 11.5 Å². The molecular formula is C12H15BrO4. The number of carboxylic acid groups (broad SMARTS) is 1. The predicted molar refractivity (Wildman–Crippen MR) is 67.8 cm³/mol. The van der Waals surface area contributed by atoms with E-state index in [4.69, 9.17) is 14.6 Å². The van der Waals surface area contributed by atoms with E-state index in [1.165, 1.54) is 7.11 Å². The second-order valence-electron chi connectivity index (χ2n) is 3.83. The van der Waals surface area contributed by atoms with E-state index in [0.29, 0.717) is 17.1 Å². The molecule has 1 N–H and O–H groups in total. The minimum absolute atomic E-state index is 0.0439. The molecule has 0 atom stereocenters. The Morgan fingerprint density at radius 1 is 1.47 bits per heavy atom. The van der Waals surface area contributed by atoms with Crippen molar-refractivity contribution in [2.24, 2.45) is 0 Å². The van der Waals surface area contributed by atoms with Crippen molar-refractivity contribution >= 4 is 21.9 Å². The van der Waals surface area contributed by atoms with E-state index < -0.39 is 5.97 Å². The Labute approximate surface area is 109 Å². The second-order valence-corrected chi connectivity index (χ2v) is 4.75. The molecule has 0 aromatic heterocycles. The summed E-state index contributed by atoms with van der Waals surface area (Å²) in [5.41, 5.74) is 0.595. The predicted octanol–water partition coefficient (Wildman–Crippen LogP) is 2.87. The molecule has 0 saturated heterocycles. The molecule has 0 aliphatic rings. The maximum Gasteiger partial charge on any atom is 0.307 e. The van der Waals surface area contributed by atoms with E-state index in [1.54, 1.807) is 12.1 Å². The number of hydrogen-bond acceptors (Lipinski definition) is 3. The Kier molecular flexibility index (Phi) is 4.81. The molecule has 0 spiro atoms. The van der Waals surface area contributed by atoms with Crippen LogP contribution in [-0.4, -0.2) is 24.3 Å². The van der Waals surface area contributed by atoms with Gasteiger partial charge in [0.25, 0.3) is 0 Å². The minimum atomic E-state index is -0.904. The van der Waals surface area contributed by atoms with Crippen molar-refractivity contribution in [3.8, 4) is 11.5 Å². The third-order valence-corrected chi connectivity index (χ3v) is 2.47. The fourth-order valence-electron chi connectivity index (χ4n) is 1.44. The van der Waals surface area contributed by atoms with Gasteiger partial charge in [0.2, 0.25) is 0 Å². The Hall–Kier alpha value is -1.23. The van der Waals surface area contributed by atoms with E-state index in [9.17, 15) is 4.79 Å². The molecule has 0 unspecified atom stereocenters. The van der Waals surface area contributed by atoms with Crippen LogP contribution in [0, 0.1) is 0 Å². The molecule has 0 fully saturated rings. The first kappa shape index (κ1) is 13.8. The molecular weight excluding hydrogens is 288 g/mol. The second kappa shape index (κ2) is 5.91. The van der Waals surface area contributed by atoms with E-state index in [0.717, 1.165) is 4.47 Å². The maximum absolute atomic E-state index is 10.8. The summed E-state index contributed by atoms with van der Waals surface area (Å²) in [6.07, 6.45) is -0.143. The zero-order valence-electron chi connectivity index (χ0n) is 9.99. The summed E-state index contributed by atoms with van der Waals surface area (Å²) in [6, 6.07) is 3.48. The van der Waals surface area contributed by atoms with Crippen LogP contribution in [0.25, 0.3) is 0 Å². The van der Waals surface area contributed by atoms with Crippen LogP contribution < -0.4 is 9.47 Å². The van der Waals surface area contributed by atoms with Gasteiger partial charge in [0.1, 0.15) is 0 Å². The number of benzene rings is 1. The summed E-state index contributed by atoms with van der Waals surface area (Å²) in [7, 11) is 1.53. The van der Waals surface area contributed by atoms with Crippen LogP contribution >= 0.6 is 15.9 Å². The standard InChI is InChI=1S/C12H15BrO4/c1-7(2)17-12-8(5-11(14)15)4-9(13)6-10(12)16-3/h4,6-7H,5H2,1-3H3,(H,14,15). The van der Waals surface area contributed by atoms with Gasteiger partial charge in [-0.3, -0.25) is 4.79 Å². The number of carbonyl (C=O) groups is 1. The van der Waals surface area contributed by atoms with Gasteiger partial charge in [0, 0.05) is 10.0 Å². The van der Waals surface area contributed by atoms with Gasteiger partial charge < -0.3 is 14.6 Å². The van der Waals surface area contributed by atoms with Crippen LogP contribution in [0.4, 0.5) is 0 Å². The zero-order valence-corrected chi connectivity index (χ0v) is 11.6. The lowest BCUT2D eigenvalue weighted by molar-refractivity contribution is -0.136. The highest BCUT2D eigenvalue weighted by Crippen LogP contribution is 2.35. The van der Waals surface area contributed by atoms with E-state index in [-0.39, 0.29) is 12.5 Å². The van der Waals surface area contributed by atoms with Gasteiger partial charge in [-0.25, -0.2) is 0 Å². The SMILES string of the molecule is COc1cc(Br)cc(CC(=O)O)c1OC(C)C. The first-order valence-electron chi connectivity index (χ1n) is 5.19. The zero-order chi connectivity index (χ0) is 13.0. The maximum atomic E-state index is 10.8. The Morgan fingerprint density at radius 3 is 2.59 bits per heavy atom. The number of ether oxygens (including phenoxy) is 2. The molecule has 17 heavy (non-hydrogen) atoms. The summed E-state index contributed by atoms with van der Waals surface area (Å²) < 4.78 is 11.6. The van der Waals surface area contributed by atoms with Gasteiger partial charge in [-0.15, -0.1) is 0 Å². The van der Waals surface area contributed by atoms with Gasteiger partial charge in [-0.05, 0) is 26.0 Å². The van der Waals surface area contributed by atoms with Gasteiger partial charge in [0.05, 0.1) is 19.6 Å². The molecule has 0 aliphatic heterocycles. The van der Waals surface area contributed by atoms with Gasteiger partial charge >= 0.3 is 5.97 Å². The number of methoxy groups -OCH3 is 1. The highest BCUT2D eigenvalue weighted by atomic mass is 79.9. The Morgan fingerprint density at radius 2 is 2.12 bits per heavy atom. The van der Waals surface area contributed by atoms with Crippen molar-refractivity contribution in [2.75, 3.05) is 7.11 Å². The molecule has 0 aliphatic carbocycles. The summed E-state index contributed by atoms with van der Waals surface area (Å²) in [4.78, 5) is 10.8. The fourth-order valence-corrected chi connectivity index (χ4v) is 1.92. The quantitative estimate of drug-likeness (QED) is 0.908. The average Bonchev–Trinajstić information content (AvgIpc) is 2.20. The van der Waals surface area contributed by atoms with Crippen LogP contribution in [0.2, 0.25) is 0 Å². The van der Waals surface area contributed by atoms with Crippen molar-refractivity contribution in [1.29, 1.82) is 0 Å². The van der Waals surface area contributed by atoms with Crippen LogP contribution in [-0.2, 0) is 11.2 Å². The normalized spacial score (nSPS) is 10.4. The highest BCUT2D eigenvalue weighted by molar-refractivity contribution is 9.10. The lowest BCUT2D eigenvalue weighted by atomic mass is 10.1. The number of carboxylic acids is 1. The largest absolute Gasteiger partial charge is 0.493 e. The number of hydrogen-bond donors (Lipinski definition) is 1. The van der Waals surface area contributed by atoms with Gasteiger partial charge in [0.15, 0.2) is 11.5 Å². The molecule has 5 heteroatoms. The Balaban J connectivity index is 3.22. The first-order chi connectivity index (χ1) is 7.93. The third-order valence-electron chi connectivity index (χ3n) is 2.01. The van der Waals surface area contributed by atoms with Crippen LogP contribution in [0.15, 0.2) is 16.6 Å². The molecule has 0 bridgehead atoms. The third kappa shape index (κ3) is 3.93. The molecule has 1 aromatic rings. The van der Waals surface area contributed by atoms with E-state index in [1.807, 2.05) is 13.8 Å². The molecule has 0 radical (unpaired) electrons. The molecule has 0 heterocycles. The van der Waals surface area contributed by atoms with Crippen molar-refractivity contribution in [1.82, 2.24) is 0 Å². The summed E-state index contributed by atoms with van der Waals surface area (Å²) in [5, 5.41) is 8.87. The van der Waals surface area contributed by atoms with Gasteiger partial charge in [-0.1, -0.05) is 15.9 Å². The van der Waals surface area contributed by atoms with Crippen LogP contribution in [0.1, 0.15) is 19.4 Å². The average molecular weight is 303 g/mol. The Bertz CT molecular complexity index is 415. The topological polar surface area (TPSA) is 55.8 Å². The smallest absolute Gasteiger partial charge is 0.307 e. The molecule has 0 saturated carbocycles. The van der Waals surface area contributed by atoms with Gasteiger partial charge in [-0.2, -0.15) is 0 Å². The van der Waals surface area contributed by atoms with Crippen molar-refractivity contribution in [3.05, 3.63) is 22.2 Å². The molecule has 1 rings (SSSR count). The van der Waals surface area contributed by atoms with Crippen molar-refractivity contribution in [2.45, 2.75) is 26.4 Å². The summed E-state index contributed by atoms with van der Waals surface area (Å²) in [6.45, 7) is 3.76. The number of halogens is 1. The van der Waals surface area contributed by atoms with Crippen molar-refractivity contribution < 1.29 is 19.4 Å². The van der Waals surface area contributed by atoms with Crippen molar-refractivity contribution in [3.63, 3.8) is 0 Å². The molecule has 4 nitrogen and oxygen atoms in total. The summed E-state index contributed by atoms with van der Waals surface area (Å²) in [5.74, 6) is 0.121. The molecule has 94 valence electrons. The minimum Gasteiger partial charge on any atom is -0.493 e. The number of rotatable bonds is 5. The lowest BCUT2D eigenvalue weighted by Gasteiger charge is -2.17. The number of aliphatic carboxylic acids is 1. The first-order valence-corrected chi connectivity index (χ1v) is 5.98. The summed E-state index contributed by atoms with van der Waals surface area (Å²) >= 11 is 3.32. The monoisotopic (exact) mass is 302 g/mol. The van der Waals surface area contributed by atoms with Crippen LogP contribution in [0.3, 0.4) is 0 Å². The fraction of sp³-hybridized carbons (Fsp3) is 0.417. The molecule has 0 amide bonds. The van der Waals surface area contributed by atoms with E-state index >= 15 is 0 Å². The van der Waals surface area contributed by atoms with E-state index in [2.05, 4.69) is 15.9 Å².